The van der Waals surface area contributed by atoms with Crippen LogP contribution in [-0.2, 0) is 16.0 Å². The third-order valence-corrected chi connectivity index (χ3v) is 3.18. The highest BCUT2D eigenvalue weighted by molar-refractivity contribution is 6.30. The lowest BCUT2D eigenvalue weighted by Gasteiger charge is -2.03. The minimum absolute atomic E-state index is 0.205. The van der Waals surface area contributed by atoms with E-state index < -0.39 is 12.6 Å². The summed E-state index contributed by atoms with van der Waals surface area (Å²) >= 11 is 5.78. The first-order valence-electron chi connectivity index (χ1n) is 7.04. The molecule has 6 nitrogen and oxygen atoms in total. The average molecular weight is 347 g/mol. The van der Waals surface area contributed by atoms with Crippen LogP contribution in [-0.4, -0.2) is 29.8 Å². The molecule has 0 heterocycles. The Morgan fingerprint density at radius 2 is 1.79 bits per heavy atom. The Morgan fingerprint density at radius 1 is 1.12 bits per heavy atom. The van der Waals surface area contributed by atoms with Crippen LogP contribution in [0.2, 0.25) is 5.02 Å². The normalized spacial score (nSPS) is 10.5. The summed E-state index contributed by atoms with van der Waals surface area (Å²) in [5, 5.41) is 13.0. The van der Waals surface area contributed by atoms with Gasteiger partial charge in [-0.3, -0.25) is 4.79 Å². The van der Waals surface area contributed by atoms with Crippen LogP contribution in [0.25, 0.3) is 0 Å². The molecule has 0 spiro atoms. The number of ether oxygens (including phenoxy) is 1. The number of carboxylic acid groups (broad SMARTS) is 1. The summed E-state index contributed by atoms with van der Waals surface area (Å²) in [6, 6.07) is 13.7. The van der Waals surface area contributed by atoms with E-state index in [-0.39, 0.29) is 12.3 Å². The summed E-state index contributed by atoms with van der Waals surface area (Å²) in [5.74, 6) is -0.833. The smallest absolute Gasteiger partial charge is 0.341 e. The summed E-state index contributed by atoms with van der Waals surface area (Å²) in [6.45, 7) is -0.395. The second-order valence-corrected chi connectivity index (χ2v) is 5.28. The van der Waals surface area contributed by atoms with E-state index in [0.717, 1.165) is 11.1 Å². The Kier molecular flexibility index (Phi) is 6.33. The number of carbonyl (C=O) groups is 2. The number of halogens is 1. The predicted octanol–water partition coefficient (Wildman–Crippen LogP) is 2.50. The molecule has 0 aliphatic rings. The van der Waals surface area contributed by atoms with Crippen molar-refractivity contribution in [3.63, 3.8) is 0 Å². The molecule has 0 aliphatic heterocycles. The Hall–Kier alpha value is -2.86. The molecule has 0 fully saturated rings. The number of carboxylic acids is 1. The van der Waals surface area contributed by atoms with Crippen molar-refractivity contribution in [2.24, 2.45) is 5.10 Å². The topological polar surface area (TPSA) is 88.0 Å². The van der Waals surface area contributed by atoms with Crippen molar-refractivity contribution >= 4 is 29.7 Å². The van der Waals surface area contributed by atoms with Crippen molar-refractivity contribution in [1.82, 2.24) is 5.43 Å². The SMILES string of the molecule is O=C(O)COc1ccc(/C=N/NC(=O)Cc2ccc(Cl)cc2)cc1. The number of hydrazone groups is 1. The summed E-state index contributed by atoms with van der Waals surface area (Å²) in [7, 11) is 0. The van der Waals surface area contributed by atoms with Gasteiger partial charge in [-0.15, -0.1) is 0 Å². The van der Waals surface area contributed by atoms with Crippen molar-refractivity contribution in [1.29, 1.82) is 0 Å². The van der Waals surface area contributed by atoms with Gasteiger partial charge in [-0.2, -0.15) is 5.10 Å². The number of rotatable bonds is 7. The quantitative estimate of drug-likeness (QED) is 0.595. The van der Waals surface area contributed by atoms with Gasteiger partial charge in [0.15, 0.2) is 6.61 Å². The van der Waals surface area contributed by atoms with E-state index in [1.54, 1.807) is 48.5 Å². The van der Waals surface area contributed by atoms with Gasteiger partial charge in [0.1, 0.15) is 5.75 Å². The molecule has 2 aromatic rings. The monoisotopic (exact) mass is 346 g/mol. The molecule has 0 unspecified atom stereocenters. The molecule has 0 saturated heterocycles. The molecule has 1 amide bonds. The molecule has 0 atom stereocenters. The molecular weight excluding hydrogens is 332 g/mol. The summed E-state index contributed by atoms with van der Waals surface area (Å²) in [6.07, 6.45) is 1.69. The predicted molar refractivity (Wildman–Crippen MR) is 90.5 cm³/mol. The molecule has 7 heteroatoms. The van der Waals surface area contributed by atoms with Gasteiger partial charge in [0.2, 0.25) is 5.91 Å². The number of aliphatic carboxylic acids is 1. The highest BCUT2D eigenvalue weighted by Crippen LogP contribution is 2.11. The highest BCUT2D eigenvalue weighted by atomic mass is 35.5. The van der Waals surface area contributed by atoms with Crippen LogP contribution < -0.4 is 10.2 Å². The Labute approximate surface area is 143 Å². The Balaban J connectivity index is 1.81. The van der Waals surface area contributed by atoms with Crippen molar-refractivity contribution in [3.05, 3.63) is 64.7 Å². The van der Waals surface area contributed by atoms with Gasteiger partial charge < -0.3 is 9.84 Å². The van der Waals surface area contributed by atoms with E-state index in [2.05, 4.69) is 10.5 Å². The largest absolute Gasteiger partial charge is 0.482 e. The van der Waals surface area contributed by atoms with E-state index >= 15 is 0 Å². The van der Waals surface area contributed by atoms with Crippen molar-refractivity contribution in [2.45, 2.75) is 6.42 Å². The minimum Gasteiger partial charge on any atom is -0.482 e. The molecule has 0 saturated carbocycles. The van der Waals surface area contributed by atoms with E-state index in [9.17, 15) is 9.59 Å². The summed E-state index contributed by atoms with van der Waals surface area (Å²) in [5.41, 5.74) is 4.02. The lowest BCUT2D eigenvalue weighted by atomic mass is 10.1. The second kappa shape index (κ2) is 8.69. The van der Waals surface area contributed by atoms with Crippen molar-refractivity contribution in [3.8, 4) is 5.75 Å². The van der Waals surface area contributed by atoms with Gasteiger partial charge in [0, 0.05) is 5.02 Å². The van der Waals surface area contributed by atoms with Gasteiger partial charge in [-0.05, 0) is 47.5 Å². The van der Waals surface area contributed by atoms with Gasteiger partial charge in [0.05, 0.1) is 12.6 Å². The van der Waals surface area contributed by atoms with E-state index in [1.165, 1.54) is 6.21 Å². The van der Waals surface area contributed by atoms with Gasteiger partial charge >= 0.3 is 5.97 Å². The zero-order valence-corrected chi connectivity index (χ0v) is 13.4. The first-order valence-corrected chi connectivity index (χ1v) is 7.42. The Morgan fingerprint density at radius 3 is 2.42 bits per heavy atom. The van der Waals surface area contributed by atoms with Crippen LogP contribution in [0.15, 0.2) is 53.6 Å². The maximum absolute atomic E-state index is 11.8. The van der Waals surface area contributed by atoms with Gasteiger partial charge in [-0.25, -0.2) is 10.2 Å². The molecule has 2 rings (SSSR count). The highest BCUT2D eigenvalue weighted by Gasteiger charge is 2.02. The number of carbonyl (C=O) groups excluding carboxylic acids is 1. The fourth-order valence-electron chi connectivity index (χ4n) is 1.80. The lowest BCUT2D eigenvalue weighted by Crippen LogP contribution is -2.19. The zero-order valence-electron chi connectivity index (χ0n) is 12.6. The van der Waals surface area contributed by atoms with Crippen LogP contribution in [0.1, 0.15) is 11.1 Å². The molecule has 0 aromatic heterocycles. The van der Waals surface area contributed by atoms with E-state index in [1.807, 2.05) is 0 Å². The number of benzene rings is 2. The van der Waals surface area contributed by atoms with Crippen molar-refractivity contribution in [2.75, 3.05) is 6.61 Å². The van der Waals surface area contributed by atoms with Gasteiger partial charge in [-0.1, -0.05) is 23.7 Å². The fourth-order valence-corrected chi connectivity index (χ4v) is 1.93. The maximum atomic E-state index is 11.8. The molecule has 124 valence electrons. The van der Waals surface area contributed by atoms with Crippen LogP contribution in [0.3, 0.4) is 0 Å². The molecule has 2 aromatic carbocycles. The molecular formula is C17H15ClN2O4. The van der Waals surface area contributed by atoms with E-state index in [0.29, 0.717) is 10.8 Å². The van der Waals surface area contributed by atoms with Crippen molar-refractivity contribution < 1.29 is 19.4 Å². The number of nitrogens with zero attached hydrogens (tertiary/aromatic N) is 1. The standard InChI is InChI=1S/C17H15ClN2O4/c18-14-5-1-12(2-6-14)9-16(21)20-19-10-13-3-7-15(8-4-13)24-11-17(22)23/h1-8,10H,9,11H2,(H,20,21)(H,22,23)/b19-10+. The van der Waals surface area contributed by atoms with Crippen LogP contribution in [0.4, 0.5) is 0 Å². The molecule has 24 heavy (non-hydrogen) atoms. The van der Waals surface area contributed by atoms with Crippen LogP contribution >= 0.6 is 11.6 Å². The maximum Gasteiger partial charge on any atom is 0.341 e. The first kappa shape index (κ1) is 17.5. The third-order valence-electron chi connectivity index (χ3n) is 2.92. The first-order chi connectivity index (χ1) is 11.5. The lowest BCUT2D eigenvalue weighted by molar-refractivity contribution is -0.139. The number of amides is 1. The number of nitrogens with one attached hydrogen (secondary N) is 1. The second-order valence-electron chi connectivity index (χ2n) is 4.85. The van der Waals surface area contributed by atoms with Crippen LogP contribution in [0, 0.1) is 0 Å². The average Bonchev–Trinajstić information content (AvgIpc) is 2.56. The minimum atomic E-state index is -1.04. The number of hydrogen-bond acceptors (Lipinski definition) is 4. The molecule has 2 N–H and O–H groups in total. The zero-order chi connectivity index (χ0) is 17.4. The van der Waals surface area contributed by atoms with E-state index in [4.69, 9.17) is 21.4 Å². The third kappa shape index (κ3) is 6.10. The summed E-state index contributed by atoms with van der Waals surface area (Å²) < 4.78 is 5.02. The molecule has 0 bridgehead atoms. The molecule has 0 aliphatic carbocycles. The molecule has 0 radical (unpaired) electrons. The van der Waals surface area contributed by atoms with Gasteiger partial charge in [0.25, 0.3) is 0 Å². The van der Waals surface area contributed by atoms with Crippen LogP contribution in [0.5, 0.6) is 5.75 Å². The fraction of sp³-hybridized carbons (Fsp3) is 0.118. The summed E-state index contributed by atoms with van der Waals surface area (Å²) in [4.78, 5) is 22.2. The number of hydrogen-bond donors (Lipinski definition) is 2. The Bertz CT molecular complexity index is 727.